The molecule has 53 heavy (non-hydrogen) atoms. The number of halogens is 2. The van der Waals surface area contributed by atoms with Crippen molar-refractivity contribution in [3.63, 3.8) is 0 Å². The Bertz CT molecular complexity index is 2020. The number of carboxylic acids is 1. The SMILES string of the molecule is C#CCN1C(=O)COc2cc(F)c(/N=c3\snc4n3CC(C)(C)C4)cc21.CC1(C)CON(Cc2ccccc2Cl)C1=O.CP(=O)(O)CCC(N)C(=O)O. The molecule has 2 aromatic carbocycles. The number of carboxylic acid groups (broad SMARTS) is 1. The zero-order valence-electron chi connectivity index (χ0n) is 30.0. The van der Waals surface area contributed by atoms with E-state index in [0.717, 1.165) is 24.4 Å². The molecule has 3 aromatic rings. The number of nitrogens with zero attached hydrogens (tertiary/aromatic N) is 5. The average Bonchev–Trinajstić information content (AvgIpc) is 3.67. The van der Waals surface area contributed by atoms with Crippen LogP contribution in [0.4, 0.5) is 15.8 Å². The van der Waals surface area contributed by atoms with Gasteiger partial charge in [0.1, 0.15) is 23.3 Å². The van der Waals surface area contributed by atoms with E-state index in [1.165, 1.54) is 40.3 Å². The first-order valence-corrected chi connectivity index (χ1v) is 19.9. The summed E-state index contributed by atoms with van der Waals surface area (Å²) in [5, 5.41) is 10.3. The van der Waals surface area contributed by atoms with E-state index >= 15 is 0 Å². The molecule has 3 aliphatic rings. The van der Waals surface area contributed by atoms with Crippen molar-refractivity contribution in [2.75, 3.05) is 37.5 Å². The van der Waals surface area contributed by atoms with E-state index in [4.69, 9.17) is 43.3 Å². The maximum Gasteiger partial charge on any atom is 0.320 e. The van der Waals surface area contributed by atoms with Crippen LogP contribution < -0.4 is 20.2 Å². The monoisotopic (exact) mass is 792 g/mol. The van der Waals surface area contributed by atoms with E-state index in [2.05, 4.69) is 29.1 Å². The highest BCUT2D eigenvalue weighted by Gasteiger charge is 2.40. The van der Waals surface area contributed by atoms with E-state index in [1.807, 2.05) is 42.7 Å². The molecule has 4 heterocycles. The van der Waals surface area contributed by atoms with Gasteiger partial charge in [0, 0.05) is 48.4 Å². The number of carbonyl (C=O) groups excluding carboxylic acids is 2. The third kappa shape index (κ3) is 11.0. The lowest BCUT2D eigenvalue weighted by molar-refractivity contribution is -0.165. The van der Waals surface area contributed by atoms with E-state index < -0.39 is 30.6 Å². The van der Waals surface area contributed by atoms with Gasteiger partial charge in [0.25, 0.3) is 11.8 Å². The summed E-state index contributed by atoms with van der Waals surface area (Å²) in [6, 6.07) is 9.18. The van der Waals surface area contributed by atoms with Crippen molar-refractivity contribution in [1.29, 1.82) is 0 Å². The number of aromatic nitrogens is 2. The quantitative estimate of drug-likeness (QED) is 0.215. The number of rotatable bonds is 8. The van der Waals surface area contributed by atoms with Gasteiger partial charge in [-0.2, -0.15) is 4.37 Å². The minimum Gasteiger partial charge on any atom is -0.481 e. The molecule has 1 saturated heterocycles. The standard InChI is InChI=1S/C18H17FN4O2S.C12H14ClNO2.C5H12NO4P/c1-4-5-22-13-7-12(11(19)6-14(13)25-9-16(22)24)20-17-23-10-18(2,3)8-15(23)21-26-17;1-12(2)8-16-14(11(12)15)7-9-5-3-4-6-10(9)13;1-11(9,10)3-2-4(6)5(7)8/h1,6-7H,5,8-10H2,2-3H3;3-6H,7-8H2,1-2H3;4H,2-3,6H2,1H3,(H,7,8)(H,9,10)/b20-17-;;. The molecule has 14 nitrogen and oxygen atoms in total. The maximum atomic E-state index is 14.5. The predicted molar refractivity (Wildman–Crippen MR) is 198 cm³/mol. The fourth-order valence-electron chi connectivity index (χ4n) is 5.34. The molecule has 0 aliphatic carbocycles. The number of hydrogen-bond acceptors (Lipinski definition) is 10. The molecule has 0 saturated carbocycles. The zero-order chi connectivity index (χ0) is 39.3. The fraction of sp³-hybridized carbons (Fsp3) is 0.457. The summed E-state index contributed by atoms with van der Waals surface area (Å²) in [4.78, 5) is 54.7. The molecule has 2 atom stereocenters. The molecule has 1 fully saturated rings. The predicted octanol–water partition coefficient (Wildman–Crippen LogP) is 4.59. The summed E-state index contributed by atoms with van der Waals surface area (Å²) < 4.78 is 37.0. The van der Waals surface area contributed by atoms with E-state index in [1.54, 1.807) is 0 Å². The van der Waals surface area contributed by atoms with Crippen LogP contribution in [0, 0.1) is 29.0 Å². The first kappa shape index (κ1) is 41.7. The molecule has 6 rings (SSSR count). The summed E-state index contributed by atoms with van der Waals surface area (Å²) >= 11 is 7.27. The highest BCUT2D eigenvalue weighted by atomic mass is 35.5. The molecule has 286 valence electrons. The molecule has 2 amide bonds. The zero-order valence-corrected chi connectivity index (χ0v) is 32.5. The second kappa shape index (κ2) is 16.9. The van der Waals surface area contributed by atoms with Gasteiger partial charge < -0.3 is 25.0 Å². The Hall–Kier alpha value is -4.10. The van der Waals surface area contributed by atoms with Crippen LogP contribution in [0.3, 0.4) is 0 Å². The van der Waals surface area contributed by atoms with Gasteiger partial charge in [-0.3, -0.25) is 28.7 Å². The summed E-state index contributed by atoms with van der Waals surface area (Å²) in [6.07, 6.45) is 6.22. The lowest BCUT2D eigenvalue weighted by atomic mass is 9.92. The van der Waals surface area contributed by atoms with Crippen molar-refractivity contribution < 1.29 is 42.9 Å². The van der Waals surface area contributed by atoms with Crippen LogP contribution in [0.5, 0.6) is 5.75 Å². The highest BCUT2D eigenvalue weighted by molar-refractivity contribution is 7.57. The Labute approximate surface area is 315 Å². The smallest absolute Gasteiger partial charge is 0.320 e. The van der Waals surface area contributed by atoms with Crippen molar-refractivity contribution in [1.82, 2.24) is 14.0 Å². The number of terminal acetylenes is 1. The molecule has 0 bridgehead atoms. The highest BCUT2D eigenvalue weighted by Crippen LogP contribution is 2.38. The molecule has 0 spiro atoms. The lowest BCUT2D eigenvalue weighted by Crippen LogP contribution is -2.39. The van der Waals surface area contributed by atoms with Crippen LogP contribution in [0.2, 0.25) is 5.02 Å². The first-order chi connectivity index (χ1) is 24.7. The minimum atomic E-state index is -3.10. The van der Waals surface area contributed by atoms with E-state index in [9.17, 15) is 23.3 Å². The summed E-state index contributed by atoms with van der Waals surface area (Å²) in [6.45, 7) is 10.8. The molecular formula is C35H43ClFN6O8PS. The van der Waals surface area contributed by atoms with Gasteiger partial charge in [0.15, 0.2) is 19.8 Å². The third-order valence-electron chi connectivity index (χ3n) is 8.27. The number of fused-ring (bicyclic) bond motifs is 2. The molecule has 0 radical (unpaired) electrons. The average molecular weight is 793 g/mol. The number of hydrogen-bond donors (Lipinski definition) is 3. The van der Waals surface area contributed by atoms with Crippen molar-refractivity contribution in [3.05, 3.63) is 63.4 Å². The Kier molecular flexibility index (Phi) is 13.3. The van der Waals surface area contributed by atoms with Gasteiger partial charge in [-0.1, -0.05) is 49.6 Å². The van der Waals surface area contributed by atoms with E-state index in [-0.39, 0.29) is 48.7 Å². The number of ether oxygens (including phenoxy) is 1. The Morgan fingerprint density at radius 1 is 1.26 bits per heavy atom. The topological polar surface area (TPSA) is 190 Å². The number of carbonyl (C=O) groups is 3. The van der Waals surface area contributed by atoms with Crippen molar-refractivity contribution in [2.24, 2.45) is 21.6 Å². The molecule has 1 aromatic heterocycles. The number of benzene rings is 2. The molecule has 4 N–H and O–H groups in total. The largest absolute Gasteiger partial charge is 0.481 e. The summed E-state index contributed by atoms with van der Waals surface area (Å²) in [7, 11) is -3.10. The fourth-order valence-corrected chi connectivity index (χ4v) is 7.05. The third-order valence-corrected chi connectivity index (χ3v) is 10.5. The molecule has 18 heteroatoms. The maximum absolute atomic E-state index is 14.5. The van der Waals surface area contributed by atoms with Crippen LogP contribution in [0.1, 0.15) is 45.5 Å². The Morgan fingerprint density at radius 3 is 2.57 bits per heavy atom. The van der Waals surface area contributed by atoms with Crippen LogP contribution in [-0.2, 0) is 43.3 Å². The van der Waals surface area contributed by atoms with Gasteiger partial charge in [-0.25, -0.2) is 14.4 Å². The van der Waals surface area contributed by atoms with Crippen molar-refractivity contribution >= 4 is 59.7 Å². The van der Waals surface area contributed by atoms with Crippen LogP contribution >= 0.6 is 30.5 Å². The first-order valence-electron chi connectivity index (χ1n) is 16.5. The molecule has 3 aliphatic heterocycles. The number of nitrogens with two attached hydrogens (primary N) is 1. The van der Waals surface area contributed by atoms with Gasteiger partial charge in [0.2, 0.25) is 4.80 Å². The minimum absolute atomic E-state index is 0.00687. The summed E-state index contributed by atoms with van der Waals surface area (Å²) in [5.74, 6) is 1.79. The summed E-state index contributed by atoms with van der Waals surface area (Å²) in [5.41, 5.74) is 6.24. The van der Waals surface area contributed by atoms with Crippen LogP contribution in [-0.4, -0.2) is 80.4 Å². The van der Waals surface area contributed by atoms with E-state index in [0.29, 0.717) is 34.4 Å². The van der Waals surface area contributed by atoms with Crippen LogP contribution in [0.25, 0.3) is 0 Å². The van der Waals surface area contributed by atoms with Crippen LogP contribution in [0.15, 0.2) is 41.4 Å². The second-order valence-corrected chi connectivity index (χ2v) is 17.9. The number of hydroxylamine groups is 2. The Balaban J connectivity index is 0.000000198. The lowest BCUT2D eigenvalue weighted by Gasteiger charge is -2.28. The van der Waals surface area contributed by atoms with Gasteiger partial charge in [-0.05, 0) is 43.4 Å². The van der Waals surface area contributed by atoms with Gasteiger partial charge in [0.05, 0.1) is 30.8 Å². The molecular weight excluding hydrogens is 750 g/mol. The van der Waals surface area contributed by atoms with Gasteiger partial charge in [-0.15, -0.1) is 6.42 Å². The number of anilines is 1. The molecule has 2 unspecified atom stereocenters. The number of amides is 2. The second-order valence-electron chi connectivity index (χ2n) is 14.3. The Morgan fingerprint density at radius 2 is 1.96 bits per heavy atom. The van der Waals surface area contributed by atoms with Crippen molar-refractivity contribution in [3.8, 4) is 18.1 Å². The number of aliphatic carboxylic acids is 1. The van der Waals surface area contributed by atoms with Crippen molar-refractivity contribution in [2.45, 2.75) is 59.7 Å². The normalized spacial score (nSPS) is 18.7. The van der Waals surface area contributed by atoms with Gasteiger partial charge >= 0.3 is 5.97 Å².